The Balaban J connectivity index is 1.53. The number of piperidine rings is 1. The summed E-state index contributed by atoms with van der Waals surface area (Å²) in [5.74, 6) is 0.473. The van der Waals surface area contributed by atoms with E-state index in [9.17, 15) is 5.11 Å². The Morgan fingerprint density at radius 2 is 2.38 bits per heavy atom. The van der Waals surface area contributed by atoms with Crippen molar-refractivity contribution in [1.82, 2.24) is 24.9 Å². The zero-order valence-corrected chi connectivity index (χ0v) is 12.4. The zero-order chi connectivity index (χ0) is 14.7. The maximum Gasteiger partial charge on any atom is 0.0862 e. The lowest BCUT2D eigenvalue weighted by Gasteiger charge is -2.33. The molecule has 0 bridgehead atoms. The second-order valence-electron chi connectivity index (χ2n) is 5.96. The number of hydrogen-bond donors (Lipinski definition) is 2. The summed E-state index contributed by atoms with van der Waals surface area (Å²) in [5, 5.41) is 21.8. The van der Waals surface area contributed by atoms with Gasteiger partial charge in [-0.15, -0.1) is 0 Å². The predicted octanol–water partition coefficient (Wildman–Crippen LogP) is 1.16. The van der Waals surface area contributed by atoms with Crippen LogP contribution < -0.4 is 0 Å². The van der Waals surface area contributed by atoms with E-state index in [-0.39, 0.29) is 6.10 Å². The van der Waals surface area contributed by atoms with E-state index in [2.05, 4.69) is 26.3 Å². The van der Waals surface area contributed by atoms with E-state index in [4.69, 9.17) is 0 Å². The van der Waals surface area contributed by atoms with Crippen LogP contribution in [0.1, 0.15) is 30.1 Å². The maximum atomic E-state index is 10.2. The molecule has 2 aromatic heterocycles. The van der Waals surface area contributed by atoms with Crippen molar-refractivity contribution in [3.63, 3.8) is 0 Å². The summed E-state index contributed by atoms with van der Waals surface area (Å²) in [6, 6.07) is 4.01. The van der Waals surface area contributed by atoms with Crippen LogP contribution >= 0.6 is 0 Å². The molecule has 0 aromatic carbocycles. The fourth-order valence-corrected chi connectivity index (χ4v) is 3.09. The van der Waals surface area contributed by atoms with Crippen molar-refractivity contribution in [1.29, 1.82) is 0 Å². The van der Waals surface area contributed by atoms with Crippen LogP contribution in [0.15, 0.2) is 24.5 Å². The predicted molar refractivity (Wildman–Crippen MR) is 80.0 cm³/mol. The molecular weight excluding hydrogens is 266 g/mol. The highest BCUT2D eigenvalue weighted by atomic mass is 16.3. The number of aryl methyl sites for hydroxylation is 1. The third-order valence-corrected chi connectivity index (χ3v) is 4.08. The van der Waals surface area contributed by atoms with Gasteiger partial charge in [0.25, 0.3) is 0 Å². The number of β-amino-alcohol motifs (C(OH)–C–C–N with tert-alkyl or cyclic N) is 1. The molecule has 2 N–H and O–H groups in total. The SMILES string of the molecule is Cc1cc([C@@H]2CCCN(C[C@H](O)Cn3cccn3)C2)n[nH]1. The van der Waals surface area contributed by atoms with Crippen LogP contribution in [0.3, 0.4) is 0 Å². The molecule has 0 unspecified atom stereocenters. The van der Waals surface area contributed by atoms with Crippen molar-refractivity contribution in [2.24, 2.45) is 0 Å². The molecule has 3 rings (SSSR count). The maximum absolute atomic E-state index is 10.2. The summed E-state index contributed by atoms with van der Waals surface area (Å²) < 4.78 is 1.78. The van der Waals surface area contributed by atoms with Crippen LogP contribution in [0.4, 0.5) is 0 Å². The molecular formula is C15H23N5O. The highest BCUT2D eigenvalue weighted by molar-refractivity contribution is 5.13. The van der Waals surface area contributed by atoms with Gasteiger partial charge in [0.1, 0.15) is 0 Å². The average Bonchev–Trinajstić information content (AvgIpc) is 3.10. The fraction of sp³-hybridized carbons (Fsp3) is 0.600. The molecule has 114 valence electrons. The number of hydrogen-bond acceptors (Lipinski definition) is 4. The minimum absolute atomic E-state index is 0.385. The molecule has 0 radical (unpaired) electrons. The van der Waals surface area contributed by atoms with Crippen LogP contribution in [-0.2, 0) is 6.54 Å². The van der Waals surface area contributed by atoms with Gasteiger partial charge in [0.15, 0.2) is 0 Å². The molecule has 0 spiro atoms. The normalized spacial score (nSPS) is 21.5. The molecule has 2 aromatic rings. The van der Waals surface area contributed by atoms with Gasteiger partial charge in [-0.1, -0.05) is 0 Å². The Kier molecular flexibility index (Phi) is 4.36. The number of nitrogens with zero attached hydrogens (tertiary/aromatic N) is 4. The molecule has 3 heterocycles. The van der Waals surface area contributed by atoms with Crippen LogP contribution in [0.5, 0.6) is 0 Å². The number of aromatic nitrogens is 4. The molecule has 6 nitrogen and oxygen atoms in total. The monoisotopic (exact) mass is 289 g/mol. The first-order chi connectivity index (χ1) is 10.2. The van der Waals surface area contributed by atoms with E-state index in [1.165, 1.54) is 6.42 Å². The molecule has 1 aliphatic heterocycles. The Bertz CT molecular complexity index is 550. The van der Waals surface area contributed by atoms with E-state index >= 15 is 0 Å². The van der Waals surface area contributed by atoms with Gasteiger partial charge in [-0.2, -0.15) is 10.2 Å². The van der Waals surface area contributed by atoms with Crippen molar-refractivity contribution in [2.75, 3.05) is 19.6 Å². The number of aromatic amines is 1. The highest BCUT2D eigenvalue weighted by Crippen LogP contribution is 2.25. The average molecular weight is 289 g/mol. The molecule has 1 saturated heterocycles. The Morgan fingerprint density at radius 1 is 1.48 bits per heavy atom. The van der Waals surface area contributed by atoms with E-state index in [1.54, 1.807) is 10.9 Å². The third kappa shape index (κ3) is 3.71. The number of likely N-dealkylation sites (tertiary alicyclic amines) is 1. The van der Waals surface area contributed by atoms with Crippen molar-refractivity contribution < 1.29 is 5.11 Å². The summed E-state index contributed by atoms with van der Waals surface area (Å²) in [4.78, 5) is 2.34. The lowest BCUT2D eigenvalue weighted by atomic mass is 9.94. The van der Waals surface area contributed by atoms with Gasteiger partial charge >= 0.3 is 0 Å². The van der Waals surface area contributed by atoms with Gasteiger partial charge in [0, 0.05) is 37.1 Å². The fourth-order valence-electron chi connectivity index (χ4n) is 3.09. The van der Waals surface area contributed by atoms with Crippen LogP contribution in [0.2, 0.25) is 0 Å². The smallest absolute Gasteiger partial charge is 0.0862 e. The van der Waals surface area contributed by atoms with E-state index in [0.29, 0.717) is 19.0 Å². The topological polar surface area (TPSA) is 70.0 Å². The first-order valence-electron chi connectivity index (χ1n) is 7.60. The second kappa shape index (κ2) is 6.41. The first kappa shape index (κ1) is 14.3. The second-order valence-corrected chi connectivity index (χ2v) is 5.96. The first-order valence-corrected chi connectivity index (χ1v) is 7.60. The standard InChI is InChI=1S/C15H23N5O/c1-12-8-15(18-17-12)13-4-2-6-19(9-13)10-14(21)11-20-7-3-5-16-20/h3,5,7-8,13-14,21H,2,4,6,9-11H2,1H3,(H,17,18)/t13-,14+/m1/s1. The summed E-state index contributed by atoms with van der Waals surface area (Å²) in [5.41, 5.74) is 2.26. The molecule has 1 aliphatic rings. The number of H-pyrrole nitrogens is 1. The van der Waals surface area contributed by atoms with Crippen LogP contribution in [-0.4, -0.2) is 55.7 Å². The van der Waals surface area contributed by atoms with Gasteiger partial charge < -0.3 is 10.0 Å². The van der Waals surface area contributed by atoms with Gasteiger partial charge in [-0.05, 0) is 38.4 Å². The molecule has 0 saturated carbocycles. The molecule has 0 amide bonds. The van der Waals surface area contributed by atoms with Gasteiger partial charge in [0.2, 0.25) is 0 Å². The zero-order valence-electron chi connectivity index (χ0n) is 12.4. The van der Waals surface area contributed by atoms with E-state index in [0.717, 1.165) is 30.9 Å². The van der Waals surface area contributed by atoms with Gasteiger partial charge in [0.05, 0.1) is 18.3 Å². The van der Waals surface area contributed by atoms with E-state index < -0.39 is 0 Å². The summed E-state index contributed by atoms with van der Waals surface area (Å²) in [6.07, 6.45) is 5.57. The Morgan fingerprint density at radius 3 is 3.10 bits per heavy atom. The third-order valence-electron chi connectivity index (χ3n) is 4.08. The largest absolute Gasteiger partial charge is 0.390 e. The minimum Gasteiger partial charge on any atom is -0.390 e. The highest BCUT2D eigenvalue weighted by Gasteiger charge is 2.24. The van der Waals surface area contributed by atoms with Crippen LogP contribution in [0.25, 0.3) is 0 Å². The van der Waals surface area contributed by atoms with E-state index in [1.807, 2.05) is 19.2 Å². The molecule has 21 heavy (non-hydrogen) atoms. The summed E-state index contributed by atoms with van der Waals surface area (Å²) in [6.45, 7) is 5.30. The van der Waals surface area contributed by atoms with Crippen molar-refractivity contribution in [3.8, 4) is 0 Å². The number of nitrogens with one attached hydrogen (secondary N) is 1. The molecule has 1 fully saturated rings. The number of aliphatic hydroxyl groups excluding tert-OH is 1. The summed E-state index contributed by atoms with van der Waals surface area (Å²) >= 11 is 0. The number of rotatable bonds is 5. The lowest BCUT2D eigenvalue weighted by Crippen LogP contribution is -2.40. The van der Waals surface area contributed by atoms with Crippen LogP contribution in [0, 0.1) is 6.92 Å². The Hall–Kier alpha value is -1.66. The lowest BCUT2D eigenvalue weighted by molar-refractivity contribution is 0.0804. The quantitative estimate of drug-likeness (QED) is 0.866. The number of aliphatic hydroxyl groups is 1. The minimum atomic E-state index is -0.385. The van der Waals surface area contributed by atoms with Crippen molar-refractivity contribution in [2.45, 2.75) is 38.3 Å². The summed E-state index contributed by atoms with van der Waals surface area (Å²) in [7, 11) is 0. The molecule has 2 atom stereocenters. The van der Waals surface area contributed by atoms with Crippen molar-refractivity contribution in [3.05, 3.63) is 35.9 Å². The van der Waals surface area contributed by atoms with Gasteiger partial charge in [-0.3, -0.25) is 9.78 Å². The van der Waals surface area contributed by atoms with Crippen molar-refractivity contribution >= 4 is 0 Å². The molecule has 6 heteroatoms. The molecule has 0 aliphatic carbocycles. The Labute approximate surface area is 124 Å². The van der Waals surface area contributed by atoms with Gasteiger partial charge in [-0.25, -0.2) is 0 Å².